The van der Waals surface area contributed by atoms with Gasteiger partial charge in [0, 0.05) is 0 Å². The predicted octanol–water partition coefficient (Wildman–Crippen LogP) is 10.1. The molecule has 0 aliphatic carbocycles. The molecule has 0 atom stereocenters. The van der Waals surface area contributed by atoms with Crippen LogP contribution in [0, 0.1) is 0 Å². The molecule has 0 aromatic heterocycles. The van der Waals surface area contributed by atoms with Crippen molar-refractivity contribution < 1.29 is 5.11 Å². The van der Waals surface area contributed by atoms with Crippen LogP contribution in [0.4, 0.5) is 0 Å². The van der Waals surface area contributed by atoms with Crippen LogP contribution in [-0.4, -0.2) is 5.11 Å². The SMILES string of the molecule is CCCCCCCCCCCCc1c(O)ccc(CCCCCC)c1CCCCCC. The van der Waals surface area contributed by atoms with Gasteiger partial charge in [0.2, 0.25) is 0 Å². The molecule has 0 unspecified atom stereocenters. The van der Waals surface area contributed by atoms with Crippen molar-refractivity contribution in [1.29, 1.82) is 0 Å². The summed E-state index contributed by atoms with van der Waals surface area (Å²) in [5, 5.41) is 10.7. The molecule has 0 aliphatic rings. The van der Waals surface area contributed by atoms with E-state index in [0.717, 1.165) is 12.8 Å². The summed E-state index contributed by atoms with van der Waals surface area (Å²) in [5.74, 6) is 0.554. The fourth-order valence-electron chi connectivity index (χ4n) is 4.81. The highest BCUT2D eigenvalue weighted by molar-refractivity contribution is 5.45. The van der Waals surface area contributed by atoms with Crippen LogP contribution in [0.5, 0.6) is 5.75 Å². The third-order valence-electron chi connectivity index (χ3n) is 6.86. The summed E-state index contributed by atoms with van der Waals surface area (Å²) >= 11 is 0. The number of hydrogen-bond acceptors (Lipinski definition) is 1. The lowest BCUT2D eigenvalue weighted by atomic mass is 9.89. The third-order valence-corrected chi connectivity index (χ3v) is 6.86. The quantitative estimate of drug-likeness (QED) is 0.192. The van der Waals surface area contributed by atoms with E-state index >= 15 is 0 Å². The molecule has 1 aromatic rings. The molecule has 0 heterocycles. The van der Waals surface area contributed by atoms with Gasteiger partial charge in [-0.25, -0.2) is 0 Å². The molecule has 1 rings (SSSR count). The lowest BCUT2D eigenvalue weighted by molar-refractivity contribution is 0.463. The third kappa shape index (κ3) is 13.2. The Hall–Kier alpha value is -0.980. The van der Waals surface area contributed by atoms with Gasteiger partial charge in [0.15, 0.2) is 0 Å². The van der Waals surface area contributed by atoms with E-state index in [4.69, 9.17) is 0 Å². The van der Waals surface area contributed by atoms with Crippen molar-refractivity contribution in [1.82, 2.24) is 0 Å². The standard InChI is InChI=1S/C30H54O/c1-4-7-10-13-14-15-16-17-18-21-24-29-28(23-20-12-9-6-3)27(25-26-30(29)31)22-19-11-8-5-2/h25-26,31H,4-24H2,1-3H3. The zero-order chi connectivity index (χ0) is 22.6. The van der Waals surface area contributed by atoms with E-state index in [1.807, 2.05) is 6.07 Å². The zero-order valence-corrected chi connectivity index (χ0v) is 21.5. The first-order valence-electron chi connectivity index (χ1n) is 14.1. The van der Waals surface area contributed by atoms with Crippen LogP contribution in [-0.2, 0) is 19.3 Å². The molecule has 1 heteroatoms. The van der Waals surface area contributed by atoms with Crippen molar-refractivity contribution in [3.8, 4) is 5.75 Å². The molecule has 0 amide bonds. The molecule has 1 aromatic carbocycles. The maximum atomic E-state index is 10.7. The fourth-order valence-corrected chi connectivity index (χ4v) is 4.81. The highest BCUT2D eigenvalue weighted by atomic mass is 16.3. The molecule has 0 radical (unpaired) electrons. The van der Waals surface area contributed by atoms with Gasteiger partial charge in [-0.1, -0.05) is 123 Å². The van der Waals surface area contributed by atoms with Crippen LogP contribution in [0.25, 0.3) is 0 Å². The average Bonchev–Trinajstić information content (AvgIpc) is 2.78. The monoisotopic (exact) mass is 430 g/mol. The van der Waals surface area contributed by atoms with Crippen molar-refractivity contribution >= 4 is 0 Å². The van der Waals surface area contributed by atoms with Crippen LogP contribution < -0.4 is 0 Å². The van der Waals surface area contributed by atoms with E-state index in [2.05, 4.69) is 26.8 Å². The molecule has 0 aliphatic heterocycles. The Kier molecular flexibility index (Phi) is 17.8. The van der Waals surface area contributed by atoms with Crippen molar-refractivity contribution in [3.63, 3.8) is 0 Å². The molecular weight excluding hydrogens is 376 g/mol. The number of unbranched alkanes of at least 4 members (excludes halogenated alkanes) is 15. The smallest absolute Gasteiger partial charge is 0.119 e. The van der Waals surface area contributed by atoms with Gasteiger partial charge in [-0.2, -0.15) is 0 Å². The summed E-state index contributed by atoms with van der Waals surface area (Å²) in [6, 6.07) is 4.20. The molecule has 0 fully saturated rings. The van der Waals surface area contributed by atoms with Crippen LogP contribution in [0.3, 0.4) is 0 Å². The summed E-state index contributed by atoms with van der Waals surface area (Å²) in [6.07, 6.45) is 27.6. The maximum absolute atomic E-state index is 10.7. The van der Waals surface area contributed by atoms with Crippen molar-refractivity contribution in [2.75, 3.05) is 0 Å². The molecule has 1 N–H and O–H groups in total. The Morgan fingerprint density at radius 3 is 1.35 bits per heavy atom. The fraction of sp³-hybridized carbons (Fsp3) is 0.800. The van der Waals surface area contributed by atoms with Crippen molar-refractivity contribution in [2.24, 2.45) is 0 Å². The number of phenols is 1. The normalized spacial score (nSPS) is 11.3. The Morgan fingerprint density at radius 2 is 0.839 bits per heavy atom. The second kappa shape index (κ2) is 19.7. The summed E-state index contributed by atoms with van der Waals surface area (Å²) in [5.41, 5.74) is 4.31. The molecule has 0 bridgehead atoms. The summed E-state index contributed by atoms with van der Waals surface area (Å²) < 4.78 is 0. The molecule has 0 saturated carbocycles. The Morgan fingerprint density at radius 1 is 0.452 bits per heavy atom. The Bertz CT molecular complexity index is 533. The first-order valence-corrected chi connectivity index (χ1v) is 14.1. The summed E-state index contributed by atoms with van der Waals surface area (Å²) in [6.45, 7) is 6.85. The van der Waals surface area contributed by atoms with E-state index in [1.54, 1.807) is 0 Å². The topological polar surface area (TPSA) is 20.2 Å². The zero-order valence-electron chi connectivity index (χ0n) is 21.5. The number of phenolic OH excluding ortho intramolecular Hbond substituents is 1. The number of benzene rings is 1. The van der Waals surface area contributed by atoms with Gasteiger partial charge in [-0.15, -0.1) is 0 Å². The summed E-state index contributed by atoms with van der Waals surface area (Å²) in [4.78, 5) is 0. The highest BCUT2D eigenvalue weighted by Gasteiger charge is 2.13. The first kappa shape index (κ1) is 28.1. The molecule has 180 valence electrons. The first-order chi connectivity index (χ1) is 15.2. The van der Waals surface area contributed by atoms with Gasteiger partial charge in [0.05, 0.1) is 0 Å². The van der Waals surface area contributed by atoms with Crippen LogP contribution in [0.15, 0.2) is 12.1 Å². The average molecular weight is 431 g/mol. The minimum Gasteiger partial charge on any atom is -0.508 e. The van der Waals surface area contributed by atoms with E-state index < -0.39 is 0 Å². The molecule has 0 spiro atoms. The van der Waals surface area contributed by atoms with E-state index in [0.29, 0.717) is 5.75 Å². The van der Waals surface area contributed by atoms with Gasteiger partial charge >= 0.3 is 0 Å². The van der Waals surface area contributed by atoms with Gasteiger partial charge in [0.25, 0.3) is 0 Å². The molecule has 0 saturated heterocycles. The lowest BCUT2D eigenvalue weighted by Gasteiger charge is -2.17. The largest absolute Gasteiger partial charge is 0.508 e. The number of hydrogen-bond donors (Lipinski definition) is 1. The minimum absolute atomic E-state index is 0.554. The van der Waals surface area contributed by atoms with E-state index in [-0.39, 0.29) is 0 Å². The summed E-state index contributed by atoms with van der Waals surface area (Å²) in [7, 11) is 0. The number of aromatic hydroxyl groups is 1. The van der Waals surface area contributed by atoms with Gasteiger partial charge < -0.3 is 5.11 Å². The van der Waals surface area contributed by atoms with Crippen LogP contribution in [0.1, 0.15) is 153 Å². The minimum atomic E-state index is 0.554. The maximum Gasteiger partial charge on any atom is 0.119 e. The van der Waals surface area contributed by atoms with Crippen molar-refractivity contribution in [3.05, 3.63) is 28.8 Å². The molecular formula is C30H54O. The second-order valence-electron chi connectivity index (χ2n) is 9.75. The molecule has 31 heavy (non-hydrogen) atoms. The van der Waals surface area contributed by atoms with Crippen LogP contribution >= 0.6 is 0 Å². The predicted molar refractivity (Wildman–Crippen MR) is 139 cm³/mol. The lowest BCUT2D eigenvalue weighted by Crippen LogP contribution is -2.03. The number of rotatable bonds is 21. The highest BCUT2D eigenvalue weighted by Crippen LogP contribution is 2.30. The number of aryl methyl sites for hydroxylation is 1. The van der Waals surface area contributed by atoms with Crippen molar-refractivity contribution in [2.45, 2.75) is 156 Å². The van der Waals surface area contributed by atoms with E-state index in [9.17, 15) is 5.11 Å². The van der Waals surface area contributed by atoms with Gasteiger partial charge in [-0.3, -0.25) is 0 Å². The van der Waals surface area contributed by atoms with Gasteiger partial charge in [0.1, 0.15) is 5.75 Å². The van der Waals surface area contributed by atoms with Crippen LogP contribution in [0.2, 0.25) is 0 Å². The molecule has 1 nitrogen and oxygen atoms in total. The van der Waals surface area contributed by atoms with E-state index in [1.165, 1.54) is 139 Å². The Balaban J connectivity index is 2.52. The second-order valence-corrected chi connectivity index (χ2v) is 9.75. The van der Waals surface area contributed by atoms with Gasteiger partial charge in [-0.05, 0) is 61.3 Å². The Labute approximate surface area is 195 Å².